The SMILES string of the molecule is CC(C)(O)c1cnnn1[C@H]1C[C@@H](C(=O)NC(CCCCNC(=O)OCc2ccccc2)C(=O)C(N)=O)N(C(=O)[C@@H](CC2CCCCC2)NC(=O)c2cnc3cccnc3c2)C1. The maximum absolute atomic E-state index is 14.9. The summed E-state index contributed by atoms with van der Waals surface area (Å²) in [5.41, 5.74) is 6.57. The van der Waals surface area contributed by atoms with Crippen LogP contribution in [-0.2, 0) is 36.1 Å². The Balaban J connectivity index is 1.19. The van der Waals surface area contributed by atoms with Gasteiger partial charge < -0.3 is 36.4 Å². The van der Waals surface area contributed by atoms with E-state index in [1.807, 2.05) is 30.3 Å². The van der Waals surface area contributed by atoms with Gasteiger partial charge in [0, 0.05) is 31.9 Å². The number of pyridine rings is 2. The first kappa shape index (κ1) is 44.3. The maximum Gasteiger partial charge on any atom is 0.407 e. The Morgan fingerprint density at radius 1 is 0.934 bits per heavy atom. The van der Waals surface area contributed by atoms with Gasteiger partial charge in [0.05, 0.1) is 40.6 Å². The predicted molar refractivity (Wildman–Crippen MR) is 221 cm³/mol. The lowest BCUT2D eigenvalue weighted by Crippen LogP contribution is -2.56. The van der Waals surface area contributed by atoms with Crippen LogP contribution in [0.4, 0.5) is 4.79 Å². The maximum atomic E-state index is 14.9. The number of aromatic nitrogens is 5. The zero-order valence-corrected chi connectivity index (χ0v) is 34.5. The van der Waals surface area contributed by atoms with E-state index in [0.29, 0.717) is 36.0 Å². The number of Topliss-reactive ketones (excluding diaryl/α,β-unsaturated/α-hetero) is 1. The molecule has 324 valence electrons. The zero-order chi connectivity index (χ0) is 43.5. The molecule has 6 rings (SSSR count). The number of carbonyl (C=O) groups is 6. The number of aliphatic hydroxyl groups is 1. The van der Waals surface area contributed by atoms with Crippen LogP contribution in [-0.4, -0.2) is 102 Å². The summed E-state index contributed by atoms with van der Waals surface area (Å²) in [5.74, 6) is -3.87. The standard InChI is InChI=1S/C43H54N10O8/c1-43(2,60)36-24-48-51-53(36)30-22-35(40(57)49-32(37(54)38(44)55)16-9-10-18-46-42(59)61-26-28-14-7-4-8-15-28)52(25-30)41(58)34(20-27-12-5-3-6-13-27)50-39(56)29-21-33-31(47-23-29)17-11-19-45-33/h4,7-8,11,14-15,17,19,21,23-24,27,30,32,34-35,60H,3,5-6,9-10,12-13,16,18,20,22,25-26H2,1-2H3,(H2,44,55)(H,46,59)(H,49,57)(H,50,56)/t30-,32?,34+,35-/m0/s1. The first-order valence-corrected chi connectivity index (χ1v) is 20.8. The molecule has 2 aliphatic rings. The Hall–Kier alpha value is -6.30. The number of nitrogens with one attached hydrogen (secondary N) is 3. The predicted octanol–water partition coefficient (Wildman–Crippen LogP) is 3.00. The summed E-state index contributed by atoms with van der Waals surface area (Å²) in [6.45, 7) is 3.40. The summed E-state index contributed by atoms with van der Waals surface area (Å²) in [4.78, 5) is 90.7. The highest BCUT2D eigenvalue weighted by atomic mass is 16.5. The third-order valence-electron chi connectivity index (χ3n) is 11.3. The second-order valence-electron chi connectivity index (χ2n) is 16.3. The zero-order valence-electron chi connectivity index (χ0n) is 34.5. The number of alkyl carbamates (subject to hydrolysis) is 1. The van der Waals surface area contributed by atoms with Gasteiger partial charge in [0.15, 0.2) is 0 Å². The Morgan fingerprint density at radius 3 is 2.44 bits per heavy atom. The van der Waals surface area contributed by atoms with Gasteiger partial charge in [-0.1, -0.05) is 67.6 Å². The molecule has 1 aliphatic heterocycles. The van der Waals surface area contributed by atoms with Crippen LogP contribution in [0.25, 0.3) is 11.0 Å². The van der Waals surface area contributed by atoms with E-state index in [4.69, 9.17) is 10.5 Å². The van der Waals surface area contributed by atoms with Crippen molar-refractivity contribution in [2.24, 2.45) is 11.7 Å². The Labute approximate surface area is 353 Å². The topological polar surface area (TPSA) is 254 Å². The molecule has 0 bridgehead atoms. The fourth-order valence-corrected chi connectivity index (χ4v) is 8.08. The smallest absolute Gasteiger partial charge is 0.407 e. The number of rotatable bonds is 18. The normalized spacial score (nSPS) is 17.9. The largest absolute Gasteiger partial charge is 0.445 e. The van der Waals surface area contributed by atoms with E-state index in [1.165, 1.54) is 22.0 Å². The average molecular weight is 839 g/mol. The molecule has 6 N–H and O–H groups in total. The van der Waals surface area contributed by atoms with Crippen LogP contribution in [0, 0.1) is 5.92 Å². The molecule has 1 aliphatic carbocycles. The number of benzene rings is 1. The van der Waals surface area contributed by atoms with Crippen molar-refractivity contribution < 1.29 is 38.6 Å². The lowest BCUT2D eigenvalue weighted by molar-refractivity contribution is -0.142. The number of hydrogen-bond donors (Lipinski definition) is 5. The van der Waals surface area contributed by atoms with E-state index < -0.39 is 65.3 Å². The molecule has 4 atom stereocenters. The molecule has 4 aromatic rings. The minimum Gasteiger partial charge on any atom is -0.445 e. The summed E-state index contributed by atoms with van der Waals surface area (Å²) in [6, 6.07) is 10.1. The number of amides is 5. The number of carbonyl (C=O) groups excluding carboxylic acids is 6. The van der Waals surface area contributed by atoms with Crippen LogP contribution in [0.3, 0.4) is 0 Å². The quantitative estimate of drug-likeness (QED) is 0.0717. The van der Waals surface area contributed by atoms with Gasteiger partial charge in [-0.25, -0.2) is 9.48 Å². The lowest BCUT2D eigenvalue weighted by atomic mass is 9.84. The Kier molecular flexibility index (Phi) is 14.7. The highest BCUT2D eigenvalue weighted by molar-refractivity contribution is 6.37. The monoisotopic (exact) mass is 838 g/mol. The number of fused-ring (bicyclic) bond motifs is 1. The average Bonchev–Trinajstić information content (AvgIpc) is 3.94. The van der Waals surface area contributed by atoms with E-state index in [1.54, 1.807) is 38.2 Å². The van der Waals surface area contributed by atoms with Crippen molar-refractivity contribution >= 4 is 46.5 Å². The van der Waals surface area contributed by atoms with Gasteiger partial charge >= 0.3 is 6.09 Å². The Morgan fingerprint density at radius 2 is 1.70 bits per heavy atom. The summed E-state index contributed by atoms with van der Waals surface area (Å²) < 4.78 is 6.72. The third kappa shape index (κ3) is 11.7. The van der Waals surface area contributed by atoms with Gasteiger partial charge in [-0.05, 0) is 69.2 Å². The van der Waals surface area contributed by atoms with Crippen molar-refractivity contribution in [1.29, 1.82) is 0 Å². The van der Waals surface area contributed by atoms with E-state index in [0.717, 1.165) is 37.7 Å². The minimum absolute atomic E-state index is 0.0132. The molecule has 4 heterocycles. The van der Waals surface area contributed by atoms with E-state index in [-0.39, 0.29) is 44.0 Å². The van der Waals surface area contributed by atoms with Gasteiger partial charge in [-0.2, -0.15) is 0 Å². The highest BCUT2D eigenvalue weighted by Crippen LogP contribution is 2.33. The summed E-state index contributed by atoms with van der Waals surface area (Å²) in [6.07, 6.45) is 9.68. The number of likely N-dealkylation sites (tertiary alicyclic amines) is 1. The second kappa shape index (κ2) is 20.3. The van der Waals surface area contributed by atoms with Crippen LogP contribution in [0.2, 0.25) is 0 Å². The summed E-state index contributed by atoms with van der Waals surface area (Å²) in [5, 5.41) is 27.4. The van der Waals surface area contributed by atoms with Gasteiger partial charge in [-0.15, -0.1) is 5.10 Å². The van der Waals surface area contributed by atoms with Gasteiger partial charge in [-0.3, -0.25) is 33.9 Å². The van der Waals surface area contributed by atoms with Crippen LogP contribution >= 0.6 is 0 Å². The summed E-state index contributed by atoms with van der Waals surface area (Å²) in [7, 11) is 0. The summed E-state index contributed by atoms with van der Waals surface area (Å²) >= 11 is 0. The molecule has 2 fully saturated rings. The minimum atomic E-state index is -1.37. The lowest BCUT2D eigenvalue weighted by Gasteiger charge is -2.32. The van der Waals surface area contributed by atoms with Crippen LogP contribution in [0.1, 0.15) is 106 Å². The van der Waals surface area contributed by atoms with Crippen LogP contribution in [0.15, 0.2) is 67.1 Å². The fourth-order valence-electron chi connectivity index (χ4n) is 8.08. The number of primary amides is 1. The molecule has 1 aromatic carbocycles. The molecule has 18 nitrogen and oxygen atoms in total. The van der Waals surface area contributed by atoms with Gasteiger partial charge in [0.2, 0.25) is 17.6 Å². The van der Waals surface area contributed by atoms with E-state index in [9.17, 15) is 33.9 Å². The molecule has 5 amide bonds. The number of unbranched alkanes of at least 4 members (excludes halogenated alkanes) is 1. The molecule has 1 unspecified atom stereocenters. The Bertz CT molecular complexity index is 2190. The van der Waals surface area contributed by atoms with Crippen molar-refractivity contribution in [3.8, 4) is 0 Å². The first-order valence-electron chi connectivity index (χ1n) is 20.8. The van der Waals surface area contributed by atoms with E-state index >= 15 is 0 Å². The van der Waals surface area contributed by atoms with Crippen LogP contribution < -0.4 is 21.7 Å². The van der Waals surface area contributed by atoms with E-state index in [2.05, 4.69) is 36.2 Å². The van der Waals surface area contributed by atoms with Crippen molar-refractivity contribution in [3.63, 3.8) is 0 Å². The van der Waals surface area contributed by atoms with Crippen molar-refractivity contribution in [3.05, 3.63) is 83.9 Å². The molecule has 1 saturated heterocycles. The third-order valence-corrected chi connectivity index (χ3v) is 11.3. The fraction of sp³-hybridized carbons (Fsp3) is 0.488. The van der Waals surface area contributed by atoms with Crippen molar-refractivity contribution in [2.45, 2.75) is 114 Å². The molecular weight excluding hydrogens is 785 g/mol. The van der Waals surface area contributed by atoms with Crippen molar-refractivity contribution in [1.82, 2.24) is 45.8 Å². The number of nitrogens with two attached hydrogens (primary N) is 1. The number of hydrogen-bond acceptors (Lipinski definition) is 12. The first-order chi connectivity index (χ1) is 29.3. The molecule has 0 spiro atoms. The highest BCUT2D eigenvalue weighted by Gasteiger charge is 2.45. The molecule has 3 aromatic heterocycles. The number of nitrogens with zero attached hydrogens (tertiary/aromatic N) is 6. The number of ketones is 1. The van der Waals surface area contributed by atoms with Crippen LogP contribution in [0.5, 0.6) is 0 Å². The molecular formula is C43H54N10O8. The molecule has 0 radical (unpaired) electrons. The number of ether oxygens (including phenoxy) is 1. The van der Waals surface area contributed by atoms with Crippen molar-refractivity contribution in [2.75, 3.05) is 13.1 Å². The van der Waals surface area contributed by atoms with Gasteiger partial charge in [0.25, 0.3) is 11.8 Å². The molecule has 61 heavy (non-hydrogen) atoms. The molecule has 1 saturated carbocycles. The molecule has 18 heteroatoms. The second-order valence-corrected chi connectivity index (χ2v) is 16.3. The van der Waals surface area contributed by atoms with Gasteiger partial charge in [0.1, 0.15) is 24.3 Å².